The van der Waals surface area contributed by atoms with Crippen molar-refractivity contribution in [3.63, 3.8) is 0 Å². The fraction of sp³-hybridized carbons (Fsp3) is 0.438. The maximum atomic E-state index is 10.9. The second kappa shape index (κ2) is 7.24. The lowest BCUT2D eigenvalue weighted by Gasteiger charge is -2.14. The zero-order valence-corrected chi connectivity index (χ0v) is 12.1. The zero-order chi connectivity index (χ0) is 15.2. The Morgan fingerprint density at radius 2 is 2.19 bits per heavy atom. The predicted molar refractivity (Wildman–Crippen MR) is 80.4 cm³/mol. The molecule has 5 heteroatoms. The van der Waals surface area contributed by atoms with Gasteiger partial charge in [0.2, 0.25) is 5.76 Å². The zero-order valence-electron chi connectivity index (χ0n) is 12.1. The van der Waals surface area contributed by atoms with Gasteiger partial charge in [-0.25, -0.2) is 4.79 Å². The highest BCUT2D eigenvalue weighted by atomic mass is 16.4. The summed E-state index contributed by atoms with van der Waals surface area (Å²) < 4.78 is 5.23. The molecule has 5 nitrogen and oxygen atoms in total. The summed E-state index contributed by atoms with van der Waals surface area (Å²) in [6.45, 7) is 3.92. The van der Waals surface area contributed by atoms with Crippen molar-refractivity contribution in [2.75, 3.05) is 13.2 Å². The van der Waals surface area contributed by atoms with Crippen molar-refractivity contribution in [3.05, 3.63) is 35.6 Å². The number of carboxylic acid groups (broad SMARTS) is 1. The second-order valence-corrected chi connectivity index (χ2v) is 5.21. The van der Waals surface area contributed by atoms with E-state index in [9.17, 15) is 4.79 Å². The SMILES string of the molecule is CCC(CCO)CNCc1ccc2oc(C(=O)O)cc2c1. The van der Waals surface area contributed by atoms with Gasteiger partial charge in [0.1, 0.15) is 5.58 Å². The maximum absolute atomic E-state index is 10.9. The molecule has 1 atom stereocenters. The van der Waals surface area contributed by atoms with E-state index < -0.39 is 5.97 Å². The van der Waals surface area contributed by atoms with E-state index in [-0.39, 0.29) is 12.4 Å². The van der Waals surface area contributed by atoms with Crippen molar-refractivity contribution in [3.8, 4) is 0 Å². The molecule has 0 saturated heterocycles. The molecule has 1 unspecified atom stereocenters. The Balaban J connectivity index is 1.97. The Morgan fingerprint density at radius 3 is 2.86 bits per heavy atom. The van der Waals surface area contributed by atoms with Crippen LogP contribution in [0.5, 0.6) is 0 Å². The minimum absolute atomic E-state index is 0.0379. The van der Waals surface area contributed by atoms with Crippen LogP contribution in [-0.4, -0.2) is 29.3 Å². The molecule has 0 spiro atoms. The molecule has 1 aromatic heterocycles. The van der Waals surface area contributed by atoms with Gasteiger partial charge in [0.05, 0.1) is 0 Å². The number of nitrogens with one attached hydrogen (secondary N) is 1. The van der Waals surface area contributed by atoms with Crippen molar-refractivity contribution >= 4 is 16.9 Å². The quantitative estimate of drug-likeness (QED) is 0.696. The van der Waals surface area contributed by atoms with Gasteiger partial charge in [-0.05, 0) is 42.6 Å². The molecule has 1 aromatic carbocycles. The third kappa shape index (κ3) is 4.06. The Kier molecular flexibility index (Phi) is 5.36. The van der Waals surface area contributed by atoms with E-state index in [2.05, 4.69) is 12.2 Å². The largest absolute Gasteiger partial charge is 0.475 e. The summed E-state index contributed by atoms with van der Waals surface area (Å²) >= 11 is 0. The molecule has 0 aliphatic carbocycles. The molecule has 0 aliphatic heterocycles. The van der Waals surface area contributed by atoms with Gasteiger partial charge in [-0.1, -0.05) is 19.4 Å². The predicted octanol–water partition coefficient (Wildman–Crippen LogP) is 2.63. The standard InChI is InChI=1S/C16H21NO4/c1-2-11(5-6-18)9-17-10-12-3-4-14-13(7-12)8-15(21-14)16(19)20/h3-4,7-8,11,17-18H,2,5-6,9-10H2,1H3,(H,19,20). The average Bonchev–Trinajstić information content (AvgIpc) is 2.89. The summed E-state index contributed by atoms with van der Waals surface area (Å²) in [4.78, 5) is 10.9. The van der Waals surface area contributed by atoms with Crippen LogP contribution < -0.4 is 5.32 Å². The van der Waals surface area contributed by atoms with Crippen LogP contribution in [0.15, 0.2) is 28.7 Å². The van der Waals surface area contributed by atoms with Crippen LogP contribution in [0.1, 0.15) is 35.9 Å². The lowest BCUT2D eigenvalue weighted by atomic mass is 10.0. The normalized spacial score (nSPS) is 12.7. The highest BCUT2D eigenvalue weighted by molar-refractivity contribution is 5.91. The molecule has 3 N–H and O–H groups in total. The first-order valence-corrected chi connectivity index (χ1v) is 7.21. The summed E-state index contributed by atoms with van der Waals surface area (Å²) in [7, 11) is 0. The summed E-state index contributed by atoms with van der Waals surface area (Å²) in [5.41, 5.74) is 1.67. The van der Waals surface area contributed by atoms with Crippen molar-refractivity contribution in [1.82, 2.24) is 5.32 Å². The molecule has 114 valence electrons. The van der Waals surface area contributed by atoms with Gasteiger partial charge in [-0.15, -0.1) is 0 Å². The van der Waals surface area contributed by atoms with Crippen molar-refractivity contribution < 1.29 is 19.4 Å². The molecule has 0 radical (unpaired) electrons. The number of carbonyl (C=O) groups is 1. The van der Waals surface area contributed by atoms with Crippen LogP contribution in [0.4, 0.5) is 0 Å². The number of aliphatic hydroxyl groups excluding tert-OH is 1. The third-order valence-electron chi connectivity index (χ3n) is 3.67. The van der Waals surface area contributed by atoms with Crippen LogP contribution in [-0.2, 0) is 6.54 Å². The van der Waals surface area contributed by atoms with E-state index in [4.69, 9.17) is 14.6 Å². The Hall–Kier alpha value is -1.85. The lowest BCUT2D eigenvalue weighted by Crippen LogP contribution is -2.22. The number of rotatable bonds is 8. The van der Waals surface area contributed by atoms with Crippen molar-refractivity contribution in [2.45, 2.75) is 26.3 Å². The molecule has 1 heterocycles. The number of aliphatic hydroxyl groups is 1. The summed E-state index contributed by atoms with van der Waals surface area (Å²) in [6, 6.07) is 7.20. The summed E-state index contributed by atoms with van der Waals surface area (Å²) in [5, 5.41) is 22.0. The lowest BCUT2D eigenvalue weighted by molar-refractivity contribution is 0.0665. The highest BCUT2D eigenvalue weighted by Gasteiger charge is 2.10. The van der Waals surface area contributed by atoms with Gasteiger partial charge in [-0.3, -0.25) is 0 Å². The number of hydrogen-bond donors (Lipinski definition) is 3. The molecule has 0 bridgehead atoms. The minimum Gasteiger partial charge on any atom is -0.475 e. The smallest absolute Gasteiger partial charge is 0.371 e. The van der Waals surface area contributed by atoms with Crippen molar-refractivity contribution in [2.24, 2.45) is 5.92 Å². The fourth-order valence-corrected chi connectivity index (χ4v) is 2.36. The van der Waals surface area contributed by atoms with Gasteiger partial charge in [0.15, 0.2) is 0 Å². The van der Waals surface area contributed by atoms with E-state index in [1.807, 2.05) is 12.1 Å². The molecule has 0 fully saturated rings. The second-order valence-electron chi connectivity index (χ2n) is 5.21. The molecular formula is C16H21NO4. The van der Waals surface area contributed by atoms with Crippen LogP contribution in [0.25, 0.3) is 11.0 Å². The van der Waals surface area contributed by atoms with Gasteiger partial charge in [-0.2, -0.15) is 0 Å². The van der Waals surface area contributed by atoms with Gasteiger partial charge in [0, 0.05) is 18.5 Å². The fourth-order valence-electron chi connectivity index (χ4n) is 2.36. The van der Waals surface area contributed by atoms with Gasteiger partial charge < -0.3 is 19.9 Å². The Morgan fingerprint density at radius 1 is 1.38 bits per heavy atom. The number of carboxylic acids is 1. The molecule has 0 aliphatic rings. The molecule has 21 heavy (non-hydrogen) atoms. The van der Waals surface area contributed by atoms with Gasteiger partial charge >= 0.3 is 5.97 Å². The number of furan rings is 1. The topological polar surface area (TPSA) is 82.7 Å². The number of hydrogen-bond acceptors (Lipinski definition) is 4. The van der Waals surface area contributed by atoms with Crippen LogP contribution >= 0.6 is 0 Å². The first kappa shape index (κ1) is 15.5. The first-order chi connectivity index (χ1) is 10.1. The molecular weight excluding hydrogens is 270 g/mol. The first-order valence-electron chi connectivity index (χ1n) is 7.21. The van der Waals surface area contributed by atoms with E-state index in [1.54, 1.807) is 12.1 Å². The van der Waals surface area contributed by atoms with Gasteiger partial charge in [0.25, 0.3) is 0 Å². The average molecular weight is 291 g/mol. The molecule has 0 amide bonds. The highest BCUT2D eigenvalue weighted by Crippen LogP contribution is 2.21. The van der Waals surface area contributed by atoms with Crippen LogP contribution in [0, 0.1) is 5.92 Å². The number of benzene rings is 1. The molecule has 0 saturated carbocycles. The Bertz CT molecular complexity index is 605. The Labute approximate surface area is 123 Å². The van der Waals surface area contributed by atoms with E-state index in [1.165, 1.54) is 0 Å². The molecule has 2 rings (SSSR count). The van der Waals surface area contributed by atoms with Crippen LogP contribution in [0.3, 0.4) is 0 Å². The summed E-state index contributed by atoms with van der Waals surface area (Å²) in [6.07, 6.45) is 1.85. The van der Waals surface area contributed by atoms with Crippen LogP contribution in [0.2, 0.25) is 0 Å². The van der Waals surface area contributed by atoms with E-state index in [0.717, 1.165) is 30.3 Å². The van der Waals surface area contributed by atoms with E-state index >= 15 is 0 Å². The number of fused-ring (bicyclic) bond motifs is 1. The van der Waals surface area contributed by atoms with E-state index in [0.29, 0.717) is 18.0 Å². The monoisotopic (exact) mass is 291 g/mol. The molecule has 2 aromatic rings. The minimum atomic E-state index is -1.05. The third-order valence-corrected chi connectivity index (χ3v) is 3.67. The van der Waals surface area contributed by atoms with Crippen molar-refractivity contribution in [1.29, 1.82) is 0 Å². The number of aromatic carboxylic acids is 1. The maximum Gasteiger partial charge on any atom is 0.371 e. The summed E-state index contributed by atoms with van der Waals surface area (Å²) in [5.74, 6) is -0.615.